The molecule has 1 aromatic carbocycles. The van der Waals surface area contributed by atoms with E-state index in [0.29, 0.717) is 18.3 Å². The van der Waals surface area contributed by atoms with Gasteiger partial charge in [-0.2, -0.15) is 0 Å². The number of nitrogens with two attached hydrogens (primary N) is 1. The minimum atomic E-state index is -2.01. The van der Waals surface area contributed by atoms with Crippen molar-refractivity contribution in [2.24, 2.45) is 17.6 Å². The minimum absolute atomic E-state index is 0.0398. The number of hydrogen-bond acceptors (Lipinski definition) is 14. The number of amides is 8. The Kier molecular flexibility index (Phi) is 23.6. The number of nitrogens with one attached hydrogen (secondary N) is 5. The Morgan fingerprint density at radius 2 is 1.43 bits per heavy atom. The molecule has 3 aliphatic heterocycles. The number of fused-ring (bicyclic) bond motifs is 2. The summed E-state index contributed by atoms with van der Waals surface area (Å²) in [5.41, 5.74) is 5.54. The molecule has 0 spiro atoms. The summed E-state index contributed by atoms with van der Waals surface area (Å²) < 4.78 is 0. The van der Waals surface area contributed by atoms with E-state index in [-0.39, 0.29) is 56.5 Å². The molecule has 13 unspecified atom stereocenters. The number of carbonyl (C=O) groups excluding carboxylic acids is 8. The van der Waals surface area contributed by atoms with E-state index in [9.17, 15) is 69.0 Å². The van der Waals surface area contributed by atoms with Crippen LogP contribution in [0.4, 0.5) is 0 Å². The summed E-state index contributed by atoms with van der Waals surface area (Å²) in [5, 5.41) is 77.7. The van der Waals surface area contributed by atoms with Gasteiger partial charge < -0.3 is 72.8 Å². The summed E-state index contributed by atoms with van der Waals surface area (Å²) in [7, 11) is 0. The Morgan fingerprint density at radius 1 is 0.792 bits per heavy atom. The normalized spacial score (nSPS) is 27.2. The lowest BCUT2D eigenvalue weighted by Gasteiger charge is -2.33. The van der Waals surface area contributed by atoms with E-state index in [4.69, 9.17) is 5.73 Å². The van der Waals surface area contributed by atoms with E-state index in [2.05, 4.69) is 47.4 Å². The average molecular weight is 1020 g/mol. The zero-order chi connectivity index (χ0) is 53.2. The third kappa shape index (κ3) is 17.7. The lowest BCUT2D eigenvalue weighted by Crippen LogP contribution is -2.62. The molecule has 0 saturated carbocycles. The van der Waals surface area contributed by atoms with E-state index in [0.717, 1.165) is 41.9 Å². The summed E-state index contributed by atoms with van der Waals surface area (Å²) in [6.45, 7) is 7.17. The summed E-state index contributed by atoms with van der Waals surface area (Å²) >= 11 is 0. The Labute approximate surface area is 421 Å². The molecule has 0 bridgehead atoms. The van der Waals surface area contributed by atoms with Gasteiger partial charge in [-0.15, -0.1) is 0 Å². The molecule has 13 atom stereocenters. The van der Waals surface area contributed by atoms with Gasteiger partial charge in [-0.05, 0) is 68.6 Å². The fraction of sp³-hybridized carbons (Fsp3) is 0.720. The maximum absolute atomic E-state index is 14.3. The van der Waals surface area contributed by atoms with Crippen LogP contribution in [0.3, 0.4) is 0 Å². The molecule has 22 heteroatoms. The van der Waals surface area contributed by atoms with Gasteiger partial charge in [-0.1, -0.05) is 77.8 Å². The van der Waals surface area contributed by atoms with Gasteiger partial charge in [0.15, 0.2) is 0 Å². The van der Waals surface area contributed by atoms with Crippen molar-refractivity contribution >= 4 is 47.3 Å². The SMILES string of the molecule is CCC(C)CC(C)CCCCCCCCC(=O)NC1CCCNC(=O)C2C(O)CCN2C(=O)C(C(O)CC(N)=O)NC(=O)C(CC(O)c2ccc(O)cc2)NC(=O)C2CC(O)CN2C(=O)C(C(C)O)NC1=O. The smallest absolute Gasteiger partial charge is 0.248 e. The highest BCUT2D eigenvalue weighted by Gasteiger charge is 2.47. The van der Waals surface area contributed by atoms with Crippen LogP contribution in [0.25, 0.3) is 0 Å². The van der Waals surface area contributed by atoms with E-state index in [1.807, 2.05) is 0 Å². The van der Waals surface area contributed by atoms with Crippen molar-refractivity contribution in [2.45, 2.75) is 197 Å². The number of aliphatic hydroxyl groups excluding tert-OH is 5. The molecule has 1 aromatic rings. The van der Waals surface area contributed by atoms with Gasteiger partial charge >= 0.3 is 0 Å². The number of aliphatic hydroxyl groups is 5. The van der Waals surface area contributed by atoms with Gasteiger partial charge in [0.2, 0.25) is 47.3 Å². The Hall–Kier alpha value is -5.42. The topological polar surface area (TPSA) is 351 Å². The van der Waals surface area contributed by atoms with Gasteiger partial charge in [0.1, 0.15) is 42.0 Å². The van der Waals surface area contributed by atoms with E-state index < -0.39 is 133 Å². The molecule has 3 saturated heterocycles. The van der Waals surface area contributed by atoms with Crippen molar-refractivity contribution in [2.75, 3.05) is 19.6 Å². The Morgan fingerprint density at radius 3 is 2.08 bits per heavy atom. The van der Waals surface area contributed by atoms with Crippen LogP contribution in [0.1, 0.15) is 142 Å². The summed E-state index contributed by atoms with van der Waals surface area (Å²) in [4.78, 5) is 112. The van der Waals surface area contributed by atoms with Crippen molar-refractivity contribution < 1.29 is 69.0 Å². The van der Waals surface area contributed by atoms with Crippen LogP contribution < -0.4 is 32.3 Å². The minimum Gasteiger partial charge on any atom is -0.508 e. The van der Waals surface area contributed by atoms with Crippen molar-refractivity contribution in [3.05, 3.63) is 29.8 Å². The first kappa shape index (κ1) is 59.1. The lowest BCUT2D eigenvalue weighted by atomic mass is 9.91. The number of unbranched alkanes of at least 4 members (excludes halogenated alkanes) is 5. The number of phenols is 1. The molecule has 0 aliphatic carbocycles. The number of aromatic hydroxyl groups is 1. The molecule has 0 aromatic heterocycles. The number of carbonyl (C=O) groups is 8. The Bertz CT molecular complexity index is 1990. The largest absolute Gasteiger partial charge is 0.508 e. The van der Waals surface area contributed by atoms with Crippen molar-refractivity contribution in [3.63, 3.8) is 0 Å². The van der Waals surface area contributed by atoms with E-state index >= 15 is 0 Å². The van der Waals surface area contributed by atoms with E-state index in [1.54, 1.807) is 0 Å². The average Bonchev–Trinajstić information content (AvgIpc) is 3.92. The summed E-state index contributed by atoms with van der Waals surface area (Å²) in [6, 6.07) is -4.70. The summed E-state index contributed by atoms with van der Waals surface area (Å²) in [6.07, 6.45) is -0.648. The van der Waals surface area contributed by atoms with Gasteiger partial charge in [-0.25, -0.2) is 0 Å². The highest BCUT2D eigenvalue weighted by molar-refractivity contribution is 5.98. The zero-order valence-electron chi connectivity index (χ0n) is 42.2. The number of hydrogen-bond donors (Lipinski definition) is 12. The molecule has 8 amide bonds. The van der Waals surface area contributed by atoms with Crippen LogP contribution in [0.15, 0.2) is 24.3 Å². The molecular weight excluding hydrogens is 937 g/mol. The molecule has 4 rings (SSSR count). The standard InChI is InChI=1S/C50H80N8O14/c1-5-28(2)23-29(3)13-10-8-6-7-9-11-15-41(66)53-34-14-12-21-52-48(70)44-37(62)20-22-57(44)50(72)43(39(64)26-40(51)65)56-46(68)35(25-38(63)31-16-18-32(60)19-17-31)54-47(69)36-24-33(61)27-58(36)49(71)42(30(4)59)55-45(34)67/h16-19,28-30,33-39,42-44,59-64H,5-15,20-27H2,1-4H3,(H2,51,65)(H,52,70)(H,53,66)(H,54,69)(H,55,67)(H,56,68). The van der Waals surface area contributed by atoms with Gasteiger partial charge in [0, 0.05) is 38.9 Å². The molecule has 3 heterocycles. The number of phenolic OH excluding ortho intramolecular Hbond substituents is 1. The third-order valence-electron chi connectivity index (χ3n) is 14.0. The molecule has 13 N–H and O–H groups in total. The zero-order valence-corrected chi connectivity index (χ0v) is 42.2. The quantitative estimate of drug-likeness (QED) is 0.0727. The molecule has 72 heavy (non-hydrogen) atoms. The van der Waals surface area contributed by atoms with Crippen molar-refractivity contribution in [1.29, 1.82) is 0 Å². The second-order valence-corrected chi connectivity index (χ2v) is 20.2. The predicted octanol–water partition coefficient (Wildman–Crippen LogP) is -0.601. The highest BCUT2D eigenvalue weighted by Crippen LogP contribution is 2.26. The number of nitrogens with zero attached hydrogens (tertiary/aromatic N) is 2. The number of rotatable bonds is 20. The fourth-order valence-electron chi connectivity index (χ4n) is 9.72. The highest BCUT2D eigenvalue weighted by atomic mass is 16.3. The van der Waals surface area contributed by atoms with Gasteiger partial charge in [0.25, 0.3) is 0 Å². The molecule has 0 radical (unpaired) electrons. The van der Waals surface area contributed by atoms with Crippen LogP contribution in [0.5, 0.6) is 5.75 Å². The summed E-state index contributed by atoms with van der Waals surface area (Å²) in [5.74, 6) is -6.33. The van der Waals surface area contributed by atoms with Crippen LogP contribution in [-0.2, 0) is 38.4 Å². The predicted molar refractivity (Wildman–Crippen MR) is 262 cm³/mol. The monoisotopic (exact) mass is 1020 g/mol. The maximum atomic E-state index is 14.3. The van der Waals surface area contributed by atoms with Crippen LogP contribution >= 0.6 is 0 Å². The number of benzene rings is 1. The Balaban J connectivity index is 1.62. The van der Waals surface area contributed by atoms with Crippen molar-refractivity contribution in [1.82, 2.24) is 36.4 Å². The fourth-order valence-corrected chi connectivity index (χ4v) is 9.72. The van der Waals surface area contributed by atoms with Crippen LogP contribution in [-0.4, -0.2) is 168 Å². The second kappa shape index (κ2) is 28.7. The molecule has 3 aliphatic rings. The first-order chi connectivity index (χ1) is 34.1. The van der Waals surface area contributed by atoms with Crippen molar-refractivity contribution in [3.8, 4) is 5.75 Å². The van der Waals surface area contributed by atoms with E-state index in [1.165, 1.54) is 50.5 Å². The van der Waals surface area contributed by atoms with Gasteiger partial charge in [-0.3, -0.25) is 38.4 Å². The molecule has 404 valence electrons. The molecule has 22 nitrogen and oxygen atoms in total. The third-order valence-corrected chi connectivity index (χ3v) is 14.0. The molecule has 3 fully saturated rings. The molecular formula is C50H80N8O14. The first-order valence-electron chi connectivity index (χ1n) is 25.7. The second-order valence-electron chi connectivity index (χ2n) is 20.2. The van der Waals surface area contributed by atoms with Gasteiger partial charge in [0.05, 0.1) is 36.9 Å². The maximum Gasteiger partial charge on any atom is 0.248 e. The van der Waals surface area contributed by atoms with Crippen LogP contribution in [0.2, 0.25) is 0 Å². The number of primary amides is 1. The van der Waals surface area contributed by atoms with Crippen LogP contribution in [0, 0.1) is 11.8 Å². The first-order valence-corrected chi connectivity index (χ1v) is 25.7. The lowest BCUT2D eigenvalue weighted by molar-refractivity contribution is -0.147.